The second kappa shape index (κ2) is 7.28. The number of para-hydroxylation sites is 1. The molecule has 0 aliphatic heterocycles. The number of methoxy groups -OCH3 is 1. The maximum Gasteiger partial charge on any atom is 0.122 e. The molecular weight excluding hydrogens is 260 g/mol. The molecule has 1 unspecified atom stereocenters. The second-order valence-corrected chi connectivity index (χ2v) is 6.69. The van der Waals surface area contributed by atoms with Gasteiger partial charge in [0, 0.05) is 12.6 Å². The molecule has 0 saturated heterocycles. The van der Waals surface area contributed by atoms with Crippen molar-refractivity contribution in [3.63, 3.8) is 0 Å². The normalized spacial score (nSPS) is 18.9. The van der Waals surface area contributed by atoms with Crippen LogP contribution in [0.4, 0.5) is 0 Å². The van der Waals surface area contributed by atoms with Gasteiger partial charge in [-0.3, -0.25) is 0 Å². The number of nitrogens with zero attached hydrogens (tertiary/aromatic N) is 1. The SMILES string of the molecule is COc1ccccc1CC(C)N(C)CC1(CN)CCCC1. The van der Waals surface area contributed by atoms with Crippen LogP contribution in [0.3, 0.4) is 0 Å². The number of hydrogen-bond donors (Lipinski definition) is 1. The topological polar surface area (TPSA) is 38.5 Å². The van der Waals surface area contributed by atoms with Crippen LogP contribution in [0.15, 0.2) is 24.3 Å². The molecule has 2 rings (SSSR count). The van der Waals surface area contributed by atoms with E-state index >= 15 is 0 Å². The molecule has 118 valence electrons. The van der Waals surface area contributed by atoms with Gasteiger partial charge in [0.1, 0.15) is 5.75 Å². The molecule has 0 aromatic heterocycles. The van der Waals surface area contributed by atoms with Gasteiger partial charge in [-0.1, -0.05) is 31.0 Å². The largest absolute Gasteiger partial charge is 0.496 e. The molecule has 1 aliphatic carbocycles. The lowest BCUT2D eigenvalue weighted by Crippen LogP contribution is -2.43. The van der Waals surface area contributed by atoms with Crippen LogP contribution in [-0.4, -0.2) is 38.2 Å². The first-order valence-corrected chi connectivity index (χ1v) is 8.12. The quantitative estimate of drug-likeness (QED) is 0.838. The van der Waals surface area contributed by atoms with E-state index in [1.807, 2.05) is 12.1 Å². The third-order valence-electron chi connectivity index (χ3n) is 5.14. The molecule has 21 heavy (non-hydrogen) atoms. The van der Waals surface area contributed by atoms with Gasteiger partial charge < -0.3 is 15.4 Å². The van der Waals surface area contributed by atoms with Crippen molar-refractivity contribution in [2.75, 3.05) is 27.2 Å². The van der Waals surface area contributed by atoms with Crippen molar-refractivity contribution in [3.8, 4) is 5.75 Å². The zero-order valence-corrected chi connectivity index (χ0v) is 13.8. The standard InChI is InChI=1S/C18H30N2O/c1-15(12-16-8-4-5-9-17(16)21-3)20(2)14-18(13-19)10-6-7-11-18/h4-5,8-9,15H,6-7,10-14,19H2,1-3H3. The minimum Gasteiger partial charge on any atom is -0.496 e. The Bertz CT molecular complexity index is 441. The van der Waals surface area contributed by atoms with E-state index in [1.165, 1.54) is 31.2 Å². The summed E-state index contributed by atoms with van der Waals surface area (Å²) < 4.78 is 5.46. The summed E-state index contributed by atoms with van der Waals surface area (Å²) in [6, 6.07) is 8.81. The van der Waals surface area contributed by atoms with Crippen LogP contribution in [0, 0.1) is 5.41 Å². The number of nitrogens with two attached hydrogens (primary N) is 1. The summed E-state index contributed by atoms with van der Waals surface area (Å²) in [6.07, 6.45) is 6.27. The van der Waals surface area contributed by atoms with E-state index in [1.54, 1.807) is 7.11 Å². The molecule has 0 amide bonds. The Balaban J connectivity index is 1.97. The Labute approximate surface area is 129 Å². The van der Waals surface area contributed by atoms with Gasteiger partial charge in [-0.05, 0) is 56.8 Å². The van der Waals surface area contributed by atoms with E-state index < -0.39 is 0 Å². The predicted octanol–water partition coefficient (Wildman–Crippen LogP) is 3.08. The van der Waals surface area contributed by atoms with Gasteiger partial charge in [0.2, 0.25) is 0 Å². The Kier molecular flexibility index (Phi) is 5.65. The lowest BCUT2D eigenvalue weighted by Gasteiger charge is -2.35. The predicted molar refractivity (Wildman–Crippen MR) is 88.7 cm³/mol. The van der Waals surface area contributed by atoms with Crippen LogP contribution in [0.1, 0.15) is 38.2 Å². The van der Waals surface area contributed by atoms with E-state index in [-0.39, 0.29) is 0 Å². The number of rotatable bonds is 7. The van der Waals surface area contributed by atoms with Gasteiger partial charge in [-0.25, -0.2) is 0 Å². The Morgan fingerprint density at radius 2 is 1.95 bits per heavy atom. The molecule has 1 aliphatic rings. The molecular formula is C18H30N2O. The monoisotopic (exact) mass is 290 g/mol. The molecule has 1 saturated carbocycles. The van der Waals surface area contributed by atoms with Gasteiger partial charge in [-0.2, -0.15) is 0 Å². The van der Waals surface area contributed by atoms with E-state index in [2.05, 4.69) is 31.0 Å². The van der Waals surface area contributed by atoms with Crippen LogP contribution in [0.2, 0.25) is 0 Å². The molecule has 1 aromatic carbocycles. The summed E-state index contributed by atoms with van der Waals surface area (Å²) in [5.41, 5.74) is 7.70. The summed E-state index contributed by atoms with van der Waals surface area (Å²) in [4.78, 5) is 2.48. The summed E-state index contributed by atoms with van der Waals surface area (Å²) >= 11 is 0. The molecule has 3 heteroatoms. The van der Waals surface area contributed by atoms with Crippen LogP contribution in [0.25, 0.3) is 0 Å². The Morgan fingerprint density at radius 1 is 1.29 bits per heavy atom. The smallest absolute Gasteiger partial charge is 0.122 e. The number of ether oxygens (including phenoxy) is 1. The molecule has 2 N–H and O–H groups in total. The highest BCUT2D eigenvalue weighted by molar-refractivity contribution is 5.33. The number of benzene rings is 1. The molecule has 0 heterocycles. The van der Waals surface area contributed by atoms with E-state index in [0.29, 0.717) is 11.5 Å². The molecule has 0 radical (unpaired) electrons. The highest BCUT2D eigenvalue weighted by Gasteiger charge is 2.34. The summed E-state index contributed by atoms with van der Waals surface area (Å²) in [6.45, 7) is 4.23. The number of likely N-dealkylation sites (N-methyl/N-ethyl adjacent to an activating group) is 1. The van der Waals surface area contributed by atoms with Gasteiger partial charge >= 0.3 is 0 Å². The van der Waals surface area contributed by atoms with Crippen molar-refractivity contribution in [1.29, 1.82) is 0 Å². The average molecular weight is 290 g/mol. The van der Waals surface area contributed by atoms with Crippen LogP contribution < -0.4 is 10.5 Å². The summed E-state index contributed by atoms with van der Waals surface area (Å²) in [7, 11) is 3.98. The maximum absolute atomic E-state index is 6.07. The highest BCUT2D eigenvalue weighted by atomic mass is 16.5. The first-order chi connectivity index (χ1) is 10.1. The van der Waals surface area contributed by atoms with E-state index in [4.69, 9.17) is 10.5 Å². The van der Waals surface area contributed by atoms with Crippen molar-refractivity contribution in [2.24, 2.45) is 11.1 Å². The van der Waals surface area contributed by atoms with Gasteiger partial charge in [0.05, 0.1) is 7.11 Å². The second-order valence-electron chi connectivity index (χ2n) is 6.69. The Hall–Kier alpha value is -1.06. The van der Waals surface area contributed by atoms with Crippen molar-refractivity contribution in [3.05, 3.63) is 29.8 Å². The molecule has 1 atom stereocenters. The van der Waals surface area contributed by atoms with E-state index in [0.717, 1.165) is 25.3 Å². The molecule has 1 aromatic rings. The molecule has 0 spiro atoms. The highest BCUT2D eigenvalue weighted by Crippen LogP contribution is 2.38. The molecule has 1 fully saturated rings. The van der Waals surface area contributed by atoms with Crippen molar-refractivity contribution >= 4 is 0 Å². The molecule has 3 nitrogen and oxygen atoms in total. The fraction of sp³-hybridized carbons (Fsp3) is 0.667. The number of hydrogen-bond acceptors (Lipinski definition) is 3. The van der Waals surface area contributed by atoms with Crippen LogP contribution in [-0.2, 0) is 6.42 Å². The lowest BCUT2D eigenvalue weighted by atomic mass is 9.85. The zero-order chi connectivity index (χ0) is 15.3. The lowest BCUT2D eigenvalue weighted by molar-refractivity contribution is 0.149. The average Bonchev–Trinajstić information content (AvgIpc) is 2.96. The minimum atomic E-state index is 0.351. The van der Waals surface area contributed by atoms with Crippen molar-refractivity contribution < 1.29 is 4.74 Å². The van der Waals surface area contributed by atoms with Gasteiger partial charge in [0.15, 0.2) is 0 Å². The maximum atomic E-state index is 6.07. The Morgan fingerprint density at radius 3 is 2.57 bits per heavy atom. The van der Waals surface area contributed by atoms with Crippen molar-refractivity contribution in [2.45, 2.75) is 45.1 Å². The summed E-state index contributed by atoms with van der Waals surface area (Å²) in [5, 5.41) is 0. The van der Waals surface area contributed by atoms with Crippen LogP contribution >= 0.6 is 0 Å². The minimum absolute atomic E-state index is 0.351. The third kappa shape index (κ3) is 3.98. The van der Waals surface area contributed by atoms with Gasteiger partial charge in [-0.15, -0.1) is 0 Å². The van der Waals surface area contributed by atoms with E-state index in [9.17, 15) is 0 Å². The fourth-order valence-corrected chi connectivity index (χ4v) is 3.58. The summed E-state index contributed by atoms with van der Waals surface area (Å²) in [5.74, 6) is 0.993. The van der Waals surface area contributed by atoms with Crippen molar-refractivity contribution in [1.82, 2.24) is 4.90 Å². The zero-order valence-electron chi connectivity index (χ0n) is 13.8. The first kappa shape index (κ1) is 16.3. The third-order valence-corrected chi connectivity index (χ3v) is 5.14. The molecule has 0 bridgehead atoms. The fourth-order valence-electron chi connectivity index (χ4n) is 3.58. The van der Waals surface area contributed by atoms with Gasteiger partial charge in [0.25, 0.3) is 0 Å². The van der Waals surface area contributed by atoms with Crippen LogP contribution in [0.5, 0.6) is 5.75 Å². The first-order valence-electron chi connectivity index (χ1n) is 8.12.